The quantitative estimate of drug-likeness (QED) is 0.660. The summed E-state index contributed by atoms with van der Waals surface area (Å²) in [4.78, 5) is 30.5. The van der Waals surface area contributed by atoms with Gasteiger partial charge in [0.05, 0.1) is 11.4 Å². The first-order chi connectivity index (χ1) is 16.7. The van der Waals surface area contributed by atoms with Crippen molar-refractivity contribution in [1.82, 2.24) is 14.9 Å². The van der Waals surface area contributed by atoms with Crippen molar-refractivity contribution in [3.63, 3.8) is 0 Å². The fourth-order valence-corrected chi connectivity index (χ4v) is 7.43. The van der Waals surface area contributed by atoms with Gasteiger partial charge < -0.3 is 10.4 Å². The maximum absolute atomic E-state index is 14.0. The number of sulfonamides is 1. The van der Waals surface area contributed by atoms with Crippen molar-refractivity contribution < 1.29 is 22.7 Å². The normalized spacial score (nSPS) is 20.5. The predicted molar refractivity (Wildman–Crippen MR) is 127 cm³/mol. The molecule has 5 rings (SSSR count). The summed E-state index contributed by atoms with van der Waals surface area (Å²) in [7, 11) is -3.58. The summed E-state index contributed by atoms with van der Waals surface area (Å²) in [5, 5.41) is 13.2. The molecule has 1 spiro atoms. The molecular formula is C24H29FN4O5S. The third-order valence-corrected chi connectivity index (χ3v) is 9.39. The van der Waals surface area contributed by atoms with Gasteiger partial charge in [0.2, 0.25) is 15.8 Å². The van der Waals surface area contributed by atoms with Crippen LogP contribution in [0.3, 0.4) is 0 Å². The molecule has 0 unspecified atom stereocenters. The van der Waals surface area contributed by atoms with Crippen LogP contribution in [-0.4, -0.2) is 41.3 Å². The summed E-state index contributed by atoms with van der Waals surface area (Å²) in [6.45, 7) is 0.575. The second-order valence-electron chi connectivity index (χ2n) is 9.73. The number of nitrogens with zero attached hydrogens (tertiary/aromatic N) is 3. The molecule has 1 saturated heterocycles. The molecule has 3 heterocycles. The Morgan fingerprint density at radius 3 is 2.60 bits per heavy atom. The summed E-state index contributed by atoms with van der Waals surface area (Å²) in [6.07, 6.45) is 6.78. The van der Waals surface area contributed by atoms with E-state index >= 15 is 0 Å². The summed E-state index contributed by atoms with van der Waals surface area (Å²) in [5.41, 5.74) is -0.603. The van der Waals surface area contributed by atoms with Crippen molar-refractivity contribution in [2.24, 2.45) is 0 Å². The number of benzene rings is 1. The molecular weight excluding hydrogens is 475 g/mol. The highest BCUT2D eigenvalue weighted by Gasteiger charge is 2.42. The van der Waals surface area contributed by atoms with E-state index in [1.165, 1.54) is 21.0 Å². The highest BCUT2D eigenvalue weighted by molar-refractivity contribution is 7.92. The van der Waals surface area contributed by atoms with Gasteiger partial charge in [0.15, 0.2) is 5.69 Å². The molecule has 1 amide bonds. The number of carbonyl (C=O) groups excluding carboxylic acids is 1. The van der Waals surface area contributed by atoms with Gasteiger partial charge in [-0.15, -0.1) is 0 Å². The molecule has 2 fully saturated rings. The minimum absolute atomic E-state index is 0.0199. The van der Waals surface area contributed by atoms with Crippen LogP contribution in [0.25, 0.3) is 0 Å². The number of fused-ring (bicyclic) bond motifs is 2. The van der Waals surface area contributed by atoms with Gasteiger partial charge in [-0.25, -0.2) is 17.8 Å². The molecule has 1 saturated carbocycles. The minimum Gasteiger partial charge on any atom is -0.501 e. The SMILES string of the molecule is O=C(NCc1ccc(F)cc1N1CCCCS1(=O)=O)c1nc2n(c(=O)c1O)CCCC21CCCC1. The van der Waals surface area contributed by atoms with Crippen molar-refractivity contribution in [2.75, 3.05) is 16.6 Å². The van der Waals surface area contributed by atoms with E-state index in [9.17, 15) is 27.5 Å². The van der Waals surface area contributed by atoms with Crippen LogP contribution < -0.4 is 15.2 Å². The Morgan fingerprint density at radius 1 is 1.11 bits per heavy atom. The van der Waals surface area contributed by atoms with E-state index in [1.807, 2.05) is 0 Å². The zero-order valence-corrected chi connectivity index (χ0v) is 20.2. The Morgan fingerprint density at radius 2 is 1.86 bits per heavy atom. The lowest BCUT2D eigenvalue weighted by Gasteiger charge is -2.35. The number of anilines is 1. The molecule has 3 aliphatic rings. The molecule has 2 N–H and O–H groups in total. The summed E-state index contributed by atoms with van der Waals surface area (Å²) < 4.78 is 41.9. The standard InChI is InChI=1S/C24H29FN4O5S/c25-17-7-6-16(18(14-17)29-12-3-4-13-35(29,33)34)15-26-21(31)19-20(30)22(32)28-11-5-10-24(23(28)27-19)8-1-2-9-24/h6-7,14,30H,1-5,8-13,15H2,(H,26,31). The first-order valence-electron chi connectivity index (χ1n) is 12.1. The Labute approximate surface area is 203 Å². The van der Waals surface area contributed by atoms with Gasteiger partial charge in [-0.1, -0.05) is 18.9 Å². The lowest BCUT2D eigenvalue weighted by Crippen LogP contribution is -2.41. The Balaban J connectivity index is 1.44. The van der Waals surface area contributed by atoms with E-state index in [0.29, 0.717) is 30.8 Å². The van der Waals surface area contributed by atoms with Gasteiger partial charge >= 0.3 is 0 Å². The second-order valence-corrected chi connectivity index (χ2v) is 11.7. The van der Waals surface area contributed by atoms with Crippen LogP contribution in [0.4, 0.5) is 10.1 Å². The molecule has 0 atom stereocenters. The largest absolute Gasteiger partial charge is 0.501 e. The smallest absolute Gasteiger partial charge is 0.296 e. The lowest BCUT2D eigenvalue weighted by molar-refractivity contribution is 0.0940. The number of hydrogen-bond donors (Lipinski definition) is 2. The number of nitrogens with one attached hydrogen (secondary N) is 1. The van der Waals surface area contributed by atoms with Crippen LogP contribution in [0.5, 0.6) is 5.75 Å². The summed E-state index contributed by atoms with van der Waals surface area (Å²) in [5.74, 6) is -1.47. The Bertz CT molecular complexity index is 1330. The van der Waals surface area contributed by atoms with Crippen LogP contribution in [0.2, 0.25) is 0 Å². The topological polar surface area (TPSA) is 122 Å². The number of amides is 1. The lowest BCUT2D eigenvalue weighted by atomic mass is 9.78. The van der Waals surface area contributed by atoms with Crippen molar-refractivity contribution >= 4 is 21.6 Å². The fraction of sp³-hybridized carbons (Fsp3) is 0.542. The molecule has 35 heavy (non-hydrogen) atoms. The molecule has 9 nitrogen and oxygen atoms in total. The Kier molecular flexibility index (Phi) is 6.06. The van der Waals surface area contributed by atoms with Crippen LogP contribution in [0.1, 0.15) is 73.2 Å². The Hall–Kier alpha value is -2.95. The maximum Gasteiger partial charge on any atom is 0.296 e. The van der Waals surface area contributed by atoms with Crippen LogP contribution in [0.15, 0.2) is 23.0 Å². The molecule has 1 aromatic heterocycles. The number of halogens is 1. The molecule has 1 aromatic carbocycles. The van der Waals surface area contributed by atoms with Crippen molar-refractivity contribution in [3.05, 3.63) is 51.5 Å². The van der Waals surface area contributed by atoms with E-state index in [0.717, 1.165) is 44.6 Å². The van der Waals surface area contributed by atoms with Gasteiger partial charge in [-0.05, 0) is 56.2 Å². The van der Waals surface area contributed by atoms with Gasteiger partial charge in [0, 0.05) is 25.0 Å². The fourth-order valence-electron chi connectivity index (χ4n) is 5.77. The summed E-state index contributed by atoms with van der Waals surface area (Å²) in [6, 6.07) is 3.78. The second kappa shape index (κ2) is 8.92. The van der Waals surface area contributed by atoms with Gasteiger partial charge in [0.25, 0.3) is 11.5 Å². The van der Waals surface area contributed by atoms with E-state index in [1.54, 1.807) is 0 Å². The third-order valence-electron chi connectivity index (χ3n) is 7.54. The molecule has 1 aliphatic carbocycles. The van der Waals surface area contributed by atoms with Crippen molar-refractivity contribution in [3.8, 4) is 5.75 Å². The first-order valence-corrected chi connectivity index (χ1v) is 13.7. The number of carbonyl (C=O) groups is 1. The van der Waals surface area contributed by atoms with Gasteiger partial charge in [-0.3, -0.25) is 18.5 Å². The summed E-state index contributed by atoms with van der Waals surface area (Å²) >= 11 is 0. The molecule has 2 aromatic rings. The van der Waals surface area contributed by atoms with E-state index < -0.39 is 33.1 Å². The minimum atomic E-state index is -3.58. The van der Waals surface area contributed by atoms with Crippen molar-refractivity contribution in [2.45, 2.75) is 69.9 Å². The van der Waals surface area contributed by atoms with Gasteiger partial charge in [-0.2, -0.15) is 0 Å². The number of hydrogen-bond acceptors (Lipinski definition) is 6. The van der Waals surface area contributed by atoms with Gasteiger partial charge in [0.1, 0.15) is 11.6 Å². The first kappa shape index (κ1) is 23.8. The zero-order chi connectivity index (χ0) is 24.8. The monoisotopic (exact) mass is 504 g/mol. The highest BCUT2D eigenvalue weighted by Crippen LogP contribution is 2.46. The number of aromatic hydroxyl groups is 1. The average Bonchev–Trinajstić information content (AvgIpc) is 3.29. The number of aromatic nitrogens is 2. The highest BCUT2D eigenvalue weighted by atomic mass is 32.2. The number of rotatable bonds is 4. The van der Waals surface area contributed by atoms with E-state index in [-0.39, 0.29) is 35.6 Å². The van der Waals surface area contributed by atoms with E-state index in [4.69, 9.17) is 0 Å². The predicted octanol–water partition coefficient (Wildman–Crippen LogP) is 2.55. The maximum atomic E-state index is 14.0. The van der Waals surface area contributed by atoms with Crippen LogP contribution >= 0.6 is 0 Å². The molecule has 0 bridgehead atoms. The zero-order valence-electron chi connectivity index (χ0n) is 19.4. The van der Waals surface area contributed by atoms with Crippen LogP contribution in [0, 0.1) is 5.82 Å². The molecule has 11 heteroatoms. The van der Waals surface area contributed by atoms with Crippen molar-refractivity contribution in [1.29, 1.82) is 0 Å². The van der Waals surface area contributed by atoms with E-state index in [2.05, 4.69) is 10.3 Å². The third kappa shape index (κ3) is 4.19. The van der Waals surface area contributed by atoms with Crippen LogP contribution in [-0.2, 0) is 28.5 Å². The molecule has 188 valence electrons. The molecule has 2 aliphatic heterocycles. The molecule has 0 radical (unpaired) electrons. The average molecular weight is 505 g/mol.